The van der Waals surface area contributed by atoms with Gasteiger partial charge in [0.2, 0.25) is 5.91 Å². The average molecular weight is 285 g/mol. The fourth-order valence-corrected chi connectivity index (χ4v) is 2.99. The van der Waals surface area contributed by atoms with Crippen LogP contribution in [0.3, 0.4) is 0 Å². The van der Waals surface area contributed by atoms with Crippen molar-refractivity contribution in [1.82, 2.24) is 10.6 Å². The molecule has 3 nitrogen and oxygen atoms in total. The van der Waals surface area contributed by atoms with Crippen molar-refractivity contribution in [3.63, 3.8) is 0 Å². The van der Waals surface area contributed by atoms with E-state index in [1.54, 1.807) is 0 Å². The molecule has 1 aromatic heterocycles. The van der Waals surface area contributed by atoms with Gasteiger partial charge in [-0.2, -0.15) is 0 Å². The van der Waals surface area contributed by atoms with Gasteiger partial charge in [0.1, 0.15) is 0 Å². The third kappa shape index (κ3) is 3.57. The first-order chi connectivity index (χ1) is 8.66. The summed E-state index contributed by atoms with van der Waals surface area (Å²) in [6.45, 7) is 4.47. The Labute approximate surface area is 116 Å². The molecule has 0 bridgehead atoms. The number of carbonyl (C=O) groups is 1. The molecule has 0 aliphatic carbocycles. The predicted octanol–water partition coefficient (Wildman–Crippen LogP) is 2.54. The highest BCUT2D eigenvalue weighted by Crippen LogP contribution is 2.28. The maximum Gasteiger partial charge on any atom is 0.228 e. The molecule has 18 heavy (non-hydrogen) atoms. The Kier molecular flexibility index (Phi) is 4.80. The van der Waals surface area contributed by atoms with Crippen LogP contribution in [0.4, 0.5) is 0 Å². The average Bonchev–Trinajstić information content (AvgIpc) is 2.83. The van der Waals surface area contributed by atoms with Gasteiger partial charge in [-0.3, -0.25) is 4.79 Å². The zero-order valence-electron chi connectivity index (χ0n) is 10.3. The number of hydrogen-bond acceptors (Lipinski definition) is 3. The molecule has 2 heterocycles. The van der Waals surface area contributed by atoms with Crippen LogP contribution in [0.5, 0.6) is 0 Å². The summed E-state index contributed by atoms with van der Waals surface area (Å²) < 4.78 is 0.728. The van der Waals surface area contributed by atoms with E-state index in [2.05, 4.69) is 16.7 Å². The first kappa shape index (κ1) is 13.6. The van der Waals surface area contributed by atoms with Crippen molar-refractivity contribution in [2.45, 2.75) is 19.3 Å². The summed E-state index contributed by atoms with van der Waals surface area (Å²) in [5.74, 6) is -0.0715. The highest BCUT2D eigenvalue weighted by Gasteiger charge is 2.17. The molecule has 98 valence electrons. The van der Waals surface area contributed by atoms with E-state index < -0.39 is 0 Å². The highest BCUT2D eigenvalue weighted by atomic mass is 35.5. The van der Waals surface area contributed by atoms with Crippen LogP contribution in [0.15, 0.2) is 23.8 Å². The van der Waals surface area contributed by atoms with Crippen molar-refractivity contribution < 1.29 is 4.79 Å². The van der Waals surface area contributed by atoms with E-state index in [4.69, 9.17) is 11.6 Å². The van der Waals surface area contributed by atoms with E-state index >= 15 is 0 Å². The van der Waals surface area contributed by atoms with E-state index in [0.717, 1.165) is 28.7 Å². The van der Waals surface area contributed by atoms with Crippen molar-refractivity contribution >= 4 is 28.8 Å². The Morgan fingerprint density at radius 3 is 3.06 bits per heavy atom. The second kappa shape index (κ2) is 6.36. The van der Waals surface area contributed by atoms with Gasteiger partial charge in [-0.05, 0) is 32.0 Å². The van der Waals surface area contributed by atoms with Crippen molar-refractivity contribution in [3.8, 4) is 0 Å². The fourth-order valence-electron chi connectivity index (χ4n) is 1.87. The molecule has 1 aliphatic rings. The van der Waals surface area contributed by atoms with Gasteiger partial charge in [-0.25, -0.2) is 0 Å². The van der Waals surface area contributed by atoms with Gasteiger partial charge in [-0.1, -0.05) is 23.3 Å². The molecule has 0 saturated heterocycles. The fraction of sp³-hybridized carbons (Fsp3) is 0.462. The van der Waals surface area contributed by atoms with Gasteiger partial charge in [0.15, 0.2) is 0 Å². The van der Waals surface area contributed by atoms with Gasteiger partial charge in [0.25, 0.3) is 0 Å². The number of halogens is 1. The second-order valence-corrected chi connectivity index (χ2v) is 6.14. The molecule has 0 fully saturated rings. The SMILES string of the molecule is CC(C(=O)NCC1=CCNCC1)c1ccc(Cl)s1. The molecule has 2 rings (SSSR count). The number of rotatable bonds is 4. The molecule has 2 N–H and O–H groups in total. The topological polar surface area (TPSA) is 41.1 Å². The molecule has 5 heteroatoms. The molecular weight excluding hydrogens is 268 g/mol. The monoisotopic (exact) mass is 284 g/mol. The summed E-state index contributed by atoms with van der Waals surface area (Å²) in [6, 6.07) is 3.75. The molecule has 1 amide bonds. The minimum absolute atomic E-state index is 0.0629. The predicted molar refractivity (Wildman–Crippen MR) is 76.3 cm³/mol. The molecule has 0 aromatic carbocycles. The van der Waals surface area contributed by atoms with Crippen LogP contribution in [0.1, 0.15) is 24.1 Å². The zero-order valence-corrected chi connectivity index (χ0v) is 11.9. The molecule has 0 radical (unpaired) electrons. The molecule has 1 aliphatic heterocycles. The van der Waals surface area contributed by atoms with Crippen LogP contribution in [-0.2, 0) is 4.79 Å². The van der Waals surface area contributed by atoms with Crippen LogP contribution in [0, 0.1) is 0 Å². The van der Waals surface area contributed by atoms with Gasteiger partial charge in [0.05, 0.1) is 10.3 Å². The first-order valence-corrected chi connectivity index (χ1v) is 7.28. The van der Waals surface area contributed by atoms with Crippen molar-refractivity contribution in [2.75, 3.05) is 19.6 Å². The van der Waals surface area contributed by atoms with E-state index in [9.17, 15) is 4.79 Å². The summed E-state index contributed by atoms with van der Waals surface area (Å²) in [6.07, 6.45) is 3.16. The maximum atomic E-state index is 12.0. The maximum absolute atomic E-state index is 12.0. The summed E-state index contributed by atoms with van der Waals surface area (Å²) in [5.41, 5.74) is 1.30. The lowest BCUT2D eigenvalue weighted by atomic mass is 10.1. The third-order valence-corrected chi connectivity index (χ3v) is 4.48. The van der Waals surface area contributed by atoms with Crippen LogP contribution in [0.25, 0.3) is 0 Å². The molecular formula is C13H17ClN2OS. The highest BCUT2D eigenvalue weighted by molar-refractivity contribution is 7.16. The lowest BCUT2D eigenvalue weighted by Gasteiger charge is -2.16. The Morgan fingerprint density at radius 2 is 2.44 bits per heavy atom. The molecule has 1 atom stereocenters. The Hall–Kier alpha value is -0.840. The molecule has 1 aromatic rings. The van der Waals surface area contributed by atoms with Crippen LogP contribution < -0.4 is 10.6 Å². The quantitative estimate of drug-likeness (QED) is 0.835. The van der Waals surface area contributed by atoms with Gasteiger partial charge < -0.3 is 10.6 Å². The number of carbonyl (C=O) groups excluding carboxylic acids is 1. The van der Waals surface area contributed by atoms with E-state index in [-0.39, 0.29) is 11.8 Å². The second-order valence-electron chi connectivity index (χ2n) is 4.40. The van der Waals surface area contributed by atoms with E-state index in [1.807, 2.05) is 19.1 Å². The van der Waals surface area contributed by atoms with Crippen LogP contribution in [-0.4, -0.2) is 25.5 Å². The largest absolute Gasteiger partial charge is 0.352 e. The van der Waals surface area contributed by atoms with Crippen molar-refractivity contribution in [1.29, 1.82) is 0 Å². The standard InChI is InChI=1S/C13H17ClN2OS/c1-9(11-2-3-12(14)18-11)13(17)16-8-10-4-6-15-7-5-10/h2-4,9,15H,5-8H2,1H3,(H,16,17). The summed E-state index contributed by atoms with van der Waals surface area (Å²) in [7, 11) is 0. The Balaban J connectivity index is 1.86. The van der Waals surface area contributed by atoms with Crippen molar-refractivity contribution in [2.24, 2.45) is 0 Å². The minimum Gasteiger partial charge on any atom is -0.352 e. The first-order valence-electron chi connectivity index (χ1n) is 6.08. The van der Waals surface area contributed by atoms with Gasteiger partial charge in [-0.15, -0.1) is 11.3 Å². The lowest BCUT2D eigenvalue weighted by Crippen LogP contribution is -2.32. The van der Waals surface area contributed by atoms with E-state index in [0.29, 0.717) is 6.54 Å². The zero-order chi connectivity index (χ0) is 13.0. The summed E-state index contributed by atoms with van der Waals surface area (Å²) in [4.78, 5) is 13.0. The van der Waals surface area contributed by atoms with Gasteiger partial charge >= 0.3 is 0 Å². The lowest BCUT2D eigenvalue weighted by molar-refractivity contribution is -0.121. The number of thiophene rings is 1. The summed E-state index contributed by atoms with van der Waals surface area (Å²) in [5, 5.41) is 6.24. The Morgan fingerprint density at radius 1 is 1.61 bits per heavy atom. The summed E-state index contributed by atoms with van der Waals surface area (Å²) >= 11 is 7.34. The number of amides is 1. The Bertz CT molecular complexity index is 456. The van der Waals surface area contributed by atoms with Gasteiger partial charge in [0, 0.05) is 18.0 Å². The number of nitrogens with one attached hydrogen (secondary N) is 2. The van der Waals surface area contributed by atoms with Crippen molar-refractivity contribution in [3.05, 3.63) is 33.0 Å². The normalized spacial score (nSPS) is 17.1. The van der Waals surface area contributed by atoms with Crippen LogP contribution in [0.2, 0.25) is 4.34 Å². The third-order valence-electron chi connectivity index (χ3n) is 3.06. The molecule has 1 unspecified atom stereocenters. The molecule has 0 spiro atoms. The van der Waals surface area contributed by atoms with Crippen LogP contribution >= 0.6 is 22.9 Å². The minimum atomic E-state index is -0.134. The molecule has 0 saturated carbocycles. The number of hydrogen-bond donors (Lipinski definition) is 2. The smallest absolute Gasteiger partial charge is 0.228 e. The van der Waals surface area contributed by atoms with E-state index in [1.165, 1.54) is 16.9 Å².